The Balaban J connectivity index is 1.92. The van der Waals surface area contributed by atoms with E-state index in [2.05, 4.69) is 22.0 Å². The highest BCUT2D eigenvalue weighted by molar-refractivity contribution is 9.10. The number of rotatable bonds is 5. The second-order valence-electron chi connectivity index (χ2n) is 4.65. The third-order valence-electron chi connectivity index (χ3n) is 2.96. The van der Waals surface area contributed by atoms with Crippen molar-refractivity contribution in [3.8, 4) is 6.07 Å². The van der Waals surface area contributed by atoms with E-state index in [1.165, 1.54) is 0 Å². The minimum Gasteiger partial charge on any atom is -0.453 e. The number of nitriles is 1. The third-order valence-corrected chi connectivity index (χ3v) is 3.39. The van der Waals surface area contributed by atoms with Crippen molar-refractivity contribution in [1.82, 2.24) is 4.90 Å². The number of halogens is 1. The average molecular weight is 335 g/mol. The maximum atomic E-state index is 10.2. The molecule has 0 fully saturated rings. The number of nitrogens with zero attached hydrogens (tertiary/aromatic N) is 2. The maximum absolute atomic E-state index is 10.2. The zero-order valence-electron chi connectivity index (χ0n) is 11.1. The number of furan rings is 1. The maximum Gasteiger partial charge on any atom is 0.169 e. The SMILES string of the molecule is CN(Cc1ccc(Br)o1)CC(O)c1ccc(C#N)cc1. The number of likely N-dealkylation sites (N-methyl/N-ethyl adjacent to an activating group) is 1. The van der Waals surface area contributed by atoms with E-state index < -0.39 is 6.10 Å². The smallest absolute Gasteiger partial charge is 0.169 e. The molecule has 0 spiro atoms. The Morgan fingerprint density at radius 2 is 2.00 bits per heavy atom. The van der Waals surface area contributed by atoms with Crippen molar-refractivity contribution in [2.75, 3.05) is 13.6 Å². The molecule has 0 saturated heterocycles. The first kappa shape index (κ1) is 14.8. The van der Waals surface area contributed by atoms with Gasteiger partial charge < -0.3 is 9.52 Å². The molecule has 1 aromatic heterocycles. The van der Waals surface area contributed by atoms with Crippen molar-refractivity contribution in [3.05, 3.63) is 58.0 Å². The Morgan fingerprint density at radius 3 is 2.55 bits per heavy atom. The molecule has 1 atom stereocenters. The van der Waals surface area contributed by atoms with Crippen LogP contribution in [0.15, 0.2) is 45.5 Å². The molecule has 0 aliphatic rings. The summed E-state index contributed by atoms with van der Waals surface area (Å²) in [6.45, 7) is 1.11. The molecule has 2 aromatic rings. The normalized spacial score (nSPS) is 12.3. The van der Waals surface area contributed by atoms with Crippen molar-refractivity contribution in [2.45, 2.75) is 12.6 Å². The molecule has 5 heteroatoms. The van der Waals surface area contributed by atoms with Crippen molar-refractivity contribution in [1.29, 1.82) is 5.26 Å². The lowest BCUT2D eigenvalue weighted by atomic mass is 10.1. The van der Waals surface area contributed by atoms with Gasteiger partial charge in [-0.05, 0) is 52.8 Å². The molecule has 0 saturated carbocycles. The number of benzene rings is 1. The molecule has 1 aromatic carbocycles. The molecule has 0 aliphatic heterocycles. The van der Waals surface area contributed by atoms with Gasteiger partial charge in [0, 0.05) is 6.54 Å². The van der Waals surface area contributed by atoms with E-state index in [-0.39, 0.29) is 0 Å². The quantitative estimate of drug-likeness (QED) is 0.912. The van der Waals surface area contributed by atoms with E-state index in [1.54, 1.807) is 24.3 Å². The summed E-state index contributed by atoms with van der Waals surface area (Å²) in [5.74, 6) is 0.839. The Bertz CT molecular complexity index is 601. The van der Waals surface area contributed by atoms with Crippen molar-refractivity contribution >= 4 is 15.9 Å². The van der Waals surface area contributed by atoms with E-state index in [1.807, 2.05) is 24.1 Å². The summed E-state index contributed by atoms with van der Waals surface area (Å²) in [7, 11) is 1.92. The highest BCUT2D eigenvalue weighted by Gasteiger charge is 2.12. The number of aliphatic hydroxyl groups excluding tert-OH is 1. The van der Waals surface area contributed by atoms with Gasteiger partial charge in [0.05, 0.1) is 24.3 Å². The van der Waals surface area contributed by atoms with Crippen molar-refractivity contribution in [3.63, 3.8) is 0 Å². The lowest BCUT2D eigenvalue weighted by molar-refractivity contribution is 0.120. The zero-order valence-corrected chi connectivity index (χ0v) is 12.7. The van der Waals surface area contributed by atoms with Crippen LogP contribution in [-0.4, -0.2) is 23.6 Å². The molecule has 1 N–H and O–H groups in total. The summed E-state index contributed by atoms with van der Waals surface area (Å²) in [5.41, 5.74) is 1.39. The fraction of sp³-hybridized carbons (Fsp3) is 0.267. The van der Waals surface area contributed by atoms with Crippen molar-refractivity contribution < 1.29 is 9.52 Å². The summed E-state index contributed by atoms with van der Waals surface area (Å²) in [6, 6.07) is 12.8. The summed E-state index contributed by atoms with van der Waals surface area (Å²) in [5, 5.41) is 18.9. The number of hydrogen-bond donors (Lipinski definition) is 1. The lowest BCUT2D eigenvalue weighted by Gasteiger charge is -2.19. The predicted molar refractivity (Wildman–Crippen MR) is 78.9 cm³/mol. The Morgan fingerprint density at radius 1 is 1.30 bits per heavy atom. The molecule has 1 unspecified atom stereocenters. The van der Waals surface area contributed by atoms with Crippen molar-refractivity contribution in [2.24, 2.45) is 0 Å². The summed E-state index contributed by atoms with van der Waals surface area (Å²) in [4.78, 5) is 1.98. The molecule has 1 heterocycles. The van der Waals surface area contributed by atoms with Crippen LogP contribution >= 0.6 is 15.9 Å². The van der Waals surface area contributed by atoms with E-state index in [0.29, 0.717) is 23.3 Å². The zero-order chi connectivity index (χ0) is 14.5. The highest BCUT2D eigenvalue weighted by atomic mass is 79.9. The second-order valence-corrected chi connectivity index (χ2v) is 5.43. The molecule has 0 radical (unpaired) electrons. The van der Waals surface area contributed by atoms with Crippen LogP contribution in [0.4, 0.5) is 0 Å². The van der Waals surface area contributed by atoms with E-state index in [4.69, 9.17) is 9.68 Å². The van der Waals surface area contributed by atoms with Gasteiger partial charge in [0.15, 0.2) is 4.67 Å². The Kier molecular flexibility index (Phi) is 4.96. The van der Waals surface area contributed by atoms with Gasteiger partial charge in [0.1, 0.15) is 5.76 Å². The third kappa shape index (κ3) is 3.94. The van der Waals surface area contributed by atoms with Gasteiger partial charge in [0.25, 0.3) is 0 Å². The van der Waals surface area contributed by atoms with Gasteiger partial charge in [-0.25, -0.2) is 0 Å². The second kappa shape index (κ2) is 6.71. The lowest BCUT2D eigenvalue weighted by Crippen LogP contribution is -2.24. The van der Waals surface area contributed by atoms with Gasteiger partial charge in [-0.15, -0.1) is 0 Å². The summed E-state index contributed by atoms with van der Waals surface area (Å²) >= 11 is 3.26. The van der Waals surface area contributed by atoms with Gasteiger partial charge in [-0.3, -0.25) is 4.90 Å². The molecule has 0 bridgehead atoms. The first-order valence-corrected chi connectivity index (χ1v) is 6.98. The fourth-order valence-electron chi connectivity index (χ4n) is 1.95. The first-order valence-electron chi connectivity index (χ1n) is 6.19. The molecule has 2 rings (SSSR count). The molecular formula is C15H15BrN2O2. The molecule has 0 amide bonds. The standard InChI is InChI=1S/C15H15BrN2O2/c1-18(9-13-6-7-15(16)20-13)10-14(19)12-4-2-11(8-17)3-5-12/h2-7,14,19H,9-10H2,1H3. The van der Waals surface area contributed by atoms with Gasteiger partial charge in [-0.1, -0.05) is 12.1 Å². The highest BCUT2D eigenvalue weighted by Crippen LogP contribution is 2.18. The Hall–Kier alpha value is -1.61. The largest absolute Gasteiger partial charge is 0.453 e. The van der Waals surface area contributed by atoms with Gasteiger partial charge >= 0.3 is 0 Å². The first-order chi connectivity index (χ1) is 9.58. The molecule has 0 aliphatic carbocycles. The number of hydrogen-bond acceptors (Lipinski definition) is 4. The molecule has 4 nitrogen and oxygen atoms in total. The van der Waals surface area contributed by atoms with Crippen LogP contribution in [0.1, 0.15) is 23.0 Å². The average Bonchev–Trinajstić information content (AvgIpc) is 2.84. The van der Waals surface area contributed by atoms with Crippen LogP contribution in [0, 0.1) is 11.3 Å². The van der Waals surface area contributed by atoms with Crippen LogP contribution in [0.5, 0.6) is 0 Å². The minimum absolute atomic E-state index is 0.490. The van der Waals surface area contributed by atoms with Crippen LogP contribution in [0.3, 0.4) is 0 Å². The molecule has 104 valence electrons. The summed E-state index contributed by atoms with van der Waals surface area (Å²) < 4.78 is 6.13. The van der Waals surface area contributed by atoms with E-state index in [9.17, 15) is 5.11 Å². The van der Waals surface area contributed by atoms with Crippen LogP contribution in [0.2, 0.25) is 0 Å². The molecular weight excluding hydrogens is 320 g/mol. The minimum atomic E-state index is -0.592. The number of aliphatic hydroxyl groups is 1. The van der Waals surface area contributed by atoms with E-state index >= 15 is 0 Å². The fourth-order valence-corrected chi connectivity index (χ4v) is 2.29. The van der Waals surface area contributed by atoms with Gasteiger partial charge in [0.2, 0.25) is 0 Å². The van der Waals surface area contributed by atoms with Crippen LogP contribution < -0.4 is 0 Å². The molecule has 20 heavy (non-hydrogen) atoms. The summed E-state index contributed by atoms with van der Waals surface area (Å²) in [6.07, 6.45) is -0.592. The van der Waals surface area contributed by atoms with Gasteiger partial charge in [-0.2, -0.15) is 5.26 Å². The van der Waals surface area contributed by atoms with Crippen LogP contribution in [-0.2, 0) is 6.54 Å². The van der Waals surface area contributed by atoms with Crippen LogP contribution in [0.25, 0.3) is 0 Å². The Labute approximate surface area is 126 Å². The van der Waals surface area contributed by atoms with E-state index in [0.717, 1.165) is 11.3 Å². The topological polar surface area (TPSA) is 60.4 Å². The monoisotopic (exact) mass is 334 g/mol. The predicted octanol–water partition coefficient (Wildman–Crippen LogP) is 3.08.